The van der Waals surface area contributed by atoms with Gasteiger partial charge < -0.3 is 0 Å². The van der Waals surface area contributed by atoms with Crippen LogP contribution in [-0.2, 0) is 0 Å². The Kier molecular flexibility index (Phi) is 2.34. The number of hydrogen-bond acceptors (Lipinski definition) is 0. The van der Waals surface area contributed by atoms with Crippen molar-refractivity contribution in [2.75, 3.05) is 0 Å². The predicted molar refractivity (Wildman–Crippen MR) is 66.6 cm³/mol. The van der Waals surface area contributed by atoms with Gasteiger partial charge in [-0.3, -0.25) is 0 Å². The Morgan fingerprint density at radius 2 is 1.47 bits per heavy atom. The van der Waals surface area contributed by atoms with Crippen LogP contribution in [0.3, 0.4) is 0 Å². The Balaban J connectivity index is 2.48. The molecule has 2 fully saturated rings. The quantitative estimate of drug-likeness (QED) is 0.516. The Morgan fingerprint density at radius 1 is 0.933 bits per heavy atom. The van der Waals surface area contributed by atoms with Crippen molar-refractivity contribution in [2.24, 2.45) is 40.9 Å². The third-order valence-corrected chi connectivity index (χ3v) is 6.42. The monoisotopic (exact) mass is 206 g/mol. The molecule has 15 heavy (non-hydrogen) atoms. The zero-order valence-electron chi connectivity index (χ0n) is 11.2. The van der Waals surface area contributed by atoms with Crippen molar-refractivity contribution >= 4 is 0 Å². The normalized spacial score (nSPS) is 59.7. The molecular weight excluding hydrogens is 180 g/mol. The molecule has 2 rings (SSSR count). The summed E-state index contributed by atoms with van der Waals surface area (Å²) in [5, 5.41) is 0. The smallest absolute Gasteiger partial charge is 0.00544 e. The standard InChI is InChI=1S/C15H26/c1-8-10(3)14-11(4)9(2)13(6)15(14,7)12(8)5/h8-11,13-14H,5H2,1-4,6-7H3/t8-,9?,10?,11?,13?,14?,15+/m1/s1. The molecule has 0 aromatic heterocycles. The summed E-state index contributed by atoms with van der Waals surface area (Å²) >= 11 is 0. The summed E-state index contributed by atoms with van der Waals surface area (Å²) in [4.78, 5) is 0. The first kappa shape index (κ1) is 11.2. The van der Waals surface area contributed by atoms with Crippen molar-refractivity contribution in [1.82, 2.24) is 0 Å². The second-order valence-electron chi connectivity index (χ2n) is 6.49. The lowest BCUT2D eigenvalue weighted by molar-refractivity contribution is 0.197. The van der Waals surface area contributed by atoms with Crippen molar-refractivity contribution in [2.45, 2.75) is 41.5 Å². The van der Waals surface area contributed by atoms with Gasteiger partial charge in [0, 0.05) is 0 Å². The van der Waals surface area contributed by atoms with Crippen LogP contribution >= 0.6 is 0 Å². The van der Waals surface area contributed by atoms with Crippen LogP contribution in [-0.4, -0.2) is 0 Å². The highest BCUT2D eigenvalue weighted by Gasteiger charge is 2.60. The van der Waals surface area contributed by atoms with Crippen LogP contribution in [0.5, 0.6) is 0 Å². The maximum absolute atomic E-state index is 4.42. The molecule has 0 bridgehead atoms. The lowest BCUT2D eigenvalue weighted by Crippen LogP contribution is -2.26. The molecule has 0 spiro atoms. The first-order valence-electron chi connectivity index (χ1n) is 6.52. The Morgan fingerprint density at radius 3 is 1.93 bits per heavy atom. The fraction of sp³-hybridized carbons (Fsp3) is 0.867. The predicted octanol–water partition coefficient (Wildman–Crippen LogP) is 4.37. The molecule has 2 aliphatic rings. The van der Waals surface area contributed by atoms with Crippen LogP contribution in [0.15, 0.2) is 12.2 Å². The van der Waals surface area contributed by atoms with E-state index in [1.165, 1.54) is 5.57 Å². The average molecular weight is 206 g/mol. The lowest BCUT2D eigenvalue weighted by Gasteiger charge is -2.33. The van der Waals surface area contributed by atoms with Crippen molar-refractivity contribution < 1.29 is 0 Å². The zero-order valence-corrected chi connectivity index (χ0v) is 11.2. The van der Waals surface area contributed by atoms with E-state index in [0.717, 1.165) is 35.5 Å². The van der Waals surface area contributed by atoms with Crippen molar-refractivity contribution in [3.63, 3.8) is 0 Å². The fourth-order valence-electron chi connectivity index (χ4n) is 4.83. The van der Waals surface area contributed by atoms with Crippen LogP contribution in [0, 0.1) is 40.9 Å². The van der Waals surface area contributed by atoms with Crippen LogP contribution in [0.2, 0.25) is 0 Å². The number of hydrogen-bond donors (Lipinski definition) is 0. The van der Waals surface area contributed by atoms with Gasteiger partial charge in [0.05, 0.1) is 0 Å². The molecule has 2 saturated carbocycles. The summed E-state index contributed by atoms with van der Waals surface area (Å²) in [7, 11) is 0. The third kappa shape index (κ3) is 1.09. The van der Waals surface area contributed by atoms with Crippen molar-refractivity contribution in [3.8, 4) is 0 Å². The lowest BCUT2D eigenvalue weighted by atomic mass is 9.71. The second kappa shape index (κ2) is 3.12. The molecule has 0 saturated heterocycles. The highest BCUT2D eigenvalue weighted by Crippen LogP contribution is 2.67. The van der Waals surface area contributed by atoms with Gasteiger partial charge in [-0.1, -0.05) is 53.7 Å². The molecule has 0 heteroatoms. The molecule has 86 valence electrons. The number of allylic oxidation sites excluding steroid dienone is 1. The van der Waals surface area contributed by atoms with Crippen LogP contribution in [0.1, 0.15) is 41.5 Å². The van der Waals surface area contributed by atoms with E-state index in [0.29, 0.717) is 5.41 Å². The molecule has 7 atom stereocenters. The largest absolute Gasteiger partial charge is 0.0990 e. The molecule has 0 aromatic rings. The summed E-state index contributed by atoms with van der Waals surface area (Å²) in [6.45, 7) is 19.0. The van der Waals surface area contributed by atoms with E-state index in [-0.39, 0.29) is 0 Å². The topological polar surface area (TPSA) is 0 Å². The third-order valence-electron chi connectivity index (χ3n) is 6.42. The molecule has 0 aromatic carbocycles. The average Bonchev–Trinajstić information content (AvgIpc) is 2.48. The van der Waals surface area contributed by atoms with Crippen LogP contribution in [0.25, 0.3) is 0 Å². The van der Waals surface area contributed by atoms with E-state index in [1.807, 2.05) is 0 Å². The van der Waals surface area contributed by atoms with E-state index in [9.17, 15) is 0 Å². The van der Waals surface area contributed by atoms with Crippen molar-refractivity contribution in [3.05, 3.63) is 12.2 Å². The van der Waals surface area contributed by atoms with Gasteiger partial charge in [-0.15, -0.1) is 0 Å². The van der Waals surface area contributed by atoms with E-state index in [2.05, 4.69) is 48.1 Å². The molecular formula is C15H26. The molecule has 5 unspecified atom stereocenters. The fourth-order valence-corrected chi connectivity index (χ4v) is 4.83. The molecule has 0 nitrogen and oxygen atoms in total. The first-order valence-corrected chi connectivity index (χ1v) is 6.52. The molecule has 0 amide bonds. The number of rotatable bonds is 0. The summed E-state index contributed by atoms with van der Waals surface area (Å²) < 4.78 is 0. The summed E-state index contributed by atoms with van der Waals surface area (Å²) in [6.07, 6.45) is 0. The second-order valence-corrected chi connectivity index (χ2v) is 6.49. The Bertz CT molecular complexity index is 290. The minimum atomic E-state index is 0.414. The van der Waals surface area contributed by atoms with E-state index >= 15 is 0 Å². The highest BCUT2D eigenvalue weighted by atomic mass is 14.6. The van der Waals surface area contributed by atoms with Gasteiger partial charge in [0.2, 0.25) is 0 Å². The number of fused-ring (bicyclic) bond motifs is 1. The first-order chi connectivity index (χ1) is 6.83. The van der Waals surface area contributed by atoms with E-state index in [4.69, 9.17) is 0 Å². The summed E-state index contributed by atoms with van der Waals surface area (Å²) in [5.41, 5.74) is 1.95. The molecule has 0 aliphatic heterocycles. The van der Waals surface area contributed by atoms with Gasteiger partial charge in [-0.25, -0.2) is 0 Å². The SMILES string of the molecule is C=C1[C@H](C)C(C)C2C(C)C(C)C(C)[C@]12C. The van der Waals surface area contributed by atoms with Crippen LogP contribution < -0.4 is 0 Å². The minimum absolute atomic E-state index is 0.414. The van der Waals surface area contributed by atoms with E-state index < -0.39 is 0 Å². The van der Waals surface area contributed by atoms with E-state index in [1.54, 1.807) is 0 Å². The van der Waals surface area contributed by atoms with Gasteiger partial charge in [-0.05, 0) is 40.9 Å². The maximum Gasteiger partial charge on any atom is -0.00544 e. The minimum Gasteiger partial charge on any atom is -0.0990 e. The summed E-state index contributed by atoms with van der Waals surface area (Å²) in [5.74, 6) is 4.93. The Hall–Kier alpha value is -0.260. The summed E-state index contributed by atoms with van der Waals surface area (Å²) in [6, 6.07) is 0. The molecule has 0 radical (unpaired) electrons. The van der Waals surface area contributed by atoms with Gasteiger partial charge in [0.25, 0.3) is 0 Å². The molecule has 2 aliphatic carbocycles. The molecule has 0 N–H and O–H groups in total. The van der Waals surface area contributed by atoms with Gasteiger partial charge in [0.1, 0.15) is 0 Å². The van der Waals surface area contributed by atoms with Crippen LogP contribution in [0.4, 0.5) is 0 Å². The molecule has 0 heterocycles. The van der Waals surface area contributed by atoms with Crippen molar-refractivity contribution in [1.29, 1.82) is 0 Å². The zero-order chi connectivity index (χ0) is 11.5. The van der Waals surface area contributed by atoms with Gasteiger partial charge in [-0.2, -0.15) is 0 Å². The maximum atomic E-state index is 4.42. The highest BCUT2D eigenvalue weighted by molar-refractivity contribution is 5.27. The van der Waals surface area contributed by atoms with Gasteiger partial charge in [0.15, 0.2) is 0 Å². The van der Waals surface area contributed by atoms with Gasteiger partial charge >= 0.3 is 0 Å². The Labute approximate surface area is 95.1 Å².